The van der Waals surface area contributed by atoms with Crippen molar-refractivity contribution < 1.29 is 9.47 Å². The van der Waals surface area contributed by atoms with Gasteiger partial charge in [-0.2, -0.15) is 0 Å². The van der Waals surface area contributed by atoms with E-state index in [9.17, 15) is 0 Å². The summed E-state index contributed by atoms with van der Waals surface area (Å²) in [6.45, 7) is 7.19. The fraction of sp³-hybridized carbons (Fsp3) is 0.500. The number of hydrogen-bond acceptors (Lipinski definition) is 8. The van der Waals surface area contributed by atoms with E-state index in [1.807, 2.05) is 19.9 Å². The summed E-state index contributed by atoms with van der Waals surface area (Å²) in [6, 6.07) is 6.64. The standard InChI is InChI=1S/C24H30N6O2/c1-16-13-23(28-17(2)27-16)29-18-3-5-20(6-4-18)32-22-15-19(30-9-11-31-12-10-30)14-21-24(22)26-8-7-25-21/h7-8,13-15,18,20H,3-6,9-12H2,1-2H3,(H,27,28,29). The maximum Gasteiger partial charge on any atom is 0.149 e. The van der Waals surface area contributed by atoms with Crippen LogP contribution in [-0.4, -0.2) is 58.4 Å². The van der Waals surface area contributed by atoms with Gasteiger partial charge < -0.3 is 19.7 Å². The first-order valence-electron chi connectivity index (χ1n) is 11.5. The van der Waals surface area contributed by atoms with Gasteiger partial charge in [-0.3, -0.25) is 4.98 Å². The summed E-state index contributed by atoms with van der Waals surface area (Å²) >= 11 is 0. The third-order valence-corrected chi connectivity index (χ3v) is 6.19. The predicted octanol–water partition coefficient (Wildman–Crippen LogP) is 3.68. The lowest BCUT2D eigenvalue weighted by molar-refractivity contribution is 0.122. The molecule has 32 heavy (non-hydrogen) atoms. The molecule has 2 fully saturated rings. The average molecular weight is 435 g/mol. The molecular formula is C24H30N6O2. The Morgan fingerprint density at radius 1 is 0.969 bits per heavy atom. The van der Waals surface area contributed by atoms with Gasteiger partial charge in [0.05, 0.1) is 24.8 Å². The molecule has 3 aromatic rings. The van der Waals surface area contributed by atoms with Crippen molar-refractivity contribution >= 4 is 22.5 Å². The van der Waals surface area contributed by atoms with E-state index >= 15 is 0 Å². The van der Waals surface area contributed by atoms with Gasteiger partial charge in [0.2, 0.25) is 0 Å². The van der Waals surface area contributed by atoms with Crippen LogP contribution in [0.1, 0.15) is 37.2 Å². The Hall–Kier alpha value is -3.00. The fourth-order valence-corrected chi connectivity index (χ4v) is 4.63. The van der Waals surface area contributed by atoms with Crippen LogP contribution in [0.3, 0.4) is 0 Å². The number of morpholine rings is 1. The van der Waals surface area contributed by atoms with Gasteiger partial charge in [-0.25, -0.2) is 15.0 Å². The number of aryl methyl sites for hydroxylation is 2. The number of anilines is 2. The van der Waals surface area contributed by atoms with Crippen LogP contribution in [0.2, 0.25) is 0 Å². The molecule has 0 bridgehead atoms. The van der Waals surface area contributed by atoms with E-state index < -0.39 is 0 Å². The van der Waals surface area contributed by atoms with Crippen molar-refractivity contribution in [2.24, 2.45) is 0 Å². The molecule has 0 atom stereocenters. The molecule has 1 aliphatic heterocycles. The highest BCUT2D eigenvalue weighted by Crippen LogP contribution is 2.33. The van der Waals surface area contributed by atoms with E-state index in [4.69, 9.17) is 9.47 Å². The van der Waals surface area contributed by atoms with Crippen LogP contribution in [0.5, 0.6) is 5.75 Å². The minimum absolute atomic E-state index is 0.173. The zero-order valence-corrected chi connectivity index (χ0v) is 18.8. The summed E-state index contributed by atoms with van der Waals surface area (Å²) in [7, 11) is 0. The first-order chi connectivity index (χ1) is 15.6. The van der Waals surface area contributed by atoms with Crippen molar-refractivity contribution in [3.63, 3.8) is 0 Å². The second-order valence-electron chi connectivity index (χ2n) is 8.65. The van der Waals surface area contributed by atoms with Gasteiger partial charge in [0.25, 0.3) is 0 Å². The smallest absolute Gasteiger partial charge is 0.149 e. The summed E-state index contributed by atoms with van der Waals surface area (Å²) in [5.41, 5.74) is 3.82. The van der Waals surface area contributed by atoms with Crippen LogP contribution >= 0.6 is 0 Å². The molecule has 0 spiro atoms. The Morgan fingerprint density at radius 2 is 1.75 bits per heavy atom. The van der Waals surface area contributed by atoms with Crippen molar-refractivity contribution in [3.8, 4) is 5.75 Å². The van der Waals surface area contributed by atoms with Crippen molar-refractivity contribution in [2.45, 2.75) is 51.7 Å². The normalized spacial score (nSPS) is 21.5. The number of ether oxygens (including phenoxy) is 2. The van der Waals surface area contributed by atoms with Gasteiger partial charge in [0.1, 0.15) is 22.9 Å². The SMILES string of the molecule is Cc1cc(NC2CCC(Oc3cc(N4CCOCC4)cc4nccnc34)CC2)nc(C)n1. The van der Waals surface area contributed by atoms with E-state index in [-0.39, 0.29) is 6.10 Å². The van der Waals surface area contributed by atoms with Crippen molar-refractivity contribution in [1.29, 1.82) is 0 Å². The van der Waals surface area contributed by atoms with Crippen LogP contribution in [0.15, 0.2) is 30.6 Å². The summed E-state index contributed by atoms with van der Waals surface area (Å²) in [5, 5.41) is 3.58. The molecule has 0 radical (unpaired) electrons. The average Bonchev–Trinajstić information content (AvgIpc) is 2.80. The van der Waals surface area contributed by atoms with E-state index in [1.165, 1.54) is 0 Å². The van der Waals surface area contributed by atoms with E-state index in [0.29, 0.717) is 6.04 Å². The second kappa shape index (κ2) is 9.24. The zero-order valence-electron chi connectivity index (χ0n) is 18.8. The van der Waals surface area contributed by atoms with Crippen molar-refractivity contribution in [1.82, 2.24) is 19.9 Å². The summed E-state index contributed by atoms with van der Waals surface area (Å²) < 4.78 is 12.0. The van der Waals surface area contributed by atoms with Gasteiger partial charge in [0, 0.05) is 55.0 Å². The van der Waals surface area contributed by atoms with Crippen LogP contribution in [0.4, 0.5) is 11.5 Å². The van der Waals surface area contributed by atoms with Crippen LogP contribution in [0.25, 0.3) is 11.0 Å². The molecule has 2 aromatic heterocycles. The van der Waals surface area contributed by atoms with Crippen LogP contribution < -0.4 is 15.0 Å². The molecule has 1 saturated heterocycles. The summed E-state index contributed by atoms with van der Waals surface area (Å²) in [6.07, 6.45) is 7.71. The third-order valence-electron chi connectivity index (χ3n) is 6.19. The number of hydrogen-bond donors (Lipinski definition) is 1. The molecule has 3 heterocycles. The van der Waals surface area contributed by atoms with E-state index in [2.05, 4.69) is 42.3 Å². The van der Waals surface area contributed by atoms with Gasteiger partial charge in [-0.05, 0) is 45.6 Å². The first kappa shape index (κ1) is 20.9. The Bertz CT molecular complexity index is 1060. The quantitative estimate of drug-likeness (QED) is 0.651. The van der Waals surface area contributed by atoms with Crippen molar-refractivity contribution in [3.05, 3.63) is 42.1 Å². The topological polar surface area (TPSA) is 85.3 Å². The minimum atomic E-state index is 0.173. The number of benzene rings is 1. The molecule has 1 aromatic carbocycles. The lowest BCUT2D eigenvalue weighted by Gasteiger charge is -2.31. The highest BCUT2D eigenvalue weighted by molar-refractivity contribution is 5.85. The summed E-state index contributed by atoms with van der Waals surface area (Å²) in [4.78, 5) is 20.3. The molecule has 2 aliphatic rings. The molecule has 8 heteroatoms. The number of rotatable bonds is 5. The molecule has 168 valence electrons. The number of aromatic nitrogens is 4. The summed E-state index contributed by atoms with van der Waals surface area (Å²) in [5.74, 6) is 2.55. The Morgan fingerprint density at radius 3 is 2.53 bits per heavy atom. The number of fused-ring (bicyclic) bond motifs is 1. The largest absolute Gasteiger partial charge is 0.488 e. The predicted molar refractivity (Wildman–Crippen MR) is 124 cm³/mol. The van der Waals surface area contributed by atoms with Crippen molar-refractivity contribution in [2.75, 3.05) is 36.5 Å². The maximum atomic E-state index is 6.52. The monoisotopic (exact) mass is 434 g/mol. The Labute approximate surface area is 188 Å². The molecule has 1 N–H and O–H groups in total. The number of nitrogens with zero attached hydrogens (tertiary/aromatic N) is 5. The molecule has 1 saturated carbocycles. The van der Waals surface area contributed by atoms with Gasteiger partial charge >= 0.3 is 0 Å². The molecule has 1 aliphatic carbocycles. The second-order valence-corrected chi connectivity index (χ2v) is 8.65. The highest BCUT2D eigenvalue weighted by Gasteiger charge is 2.24. The Kier molecular flexibility index (Phi) is 6.03. The lowest BCUT2D eigenvalue weighted by Crippen LogP contribution is -2.36. The minimum Gasteiger partial charge on any atom is -0.488 e. The molecule has 5 rings (SSSR count). The van der Waals surface area contributed by atoms with Gasteiger partial charge in [-0.1, -0.05) is 0 Å². The molecule has 0 unspecified atom stereocenters. The van der Waals surface area contributed by atoms with E-state index in [0.717, 1.165) is 91.8 Å². The lowest BCUT2D eigenvalue weighted by atomic mass is 9.93. The van der Waals surface area contributed by atoms with Crippen LogP contribution in [-0.2, 0) is 4.74 Å². The fourth-order valence-electron chi connectivity index (χ4n) is 4.63. The molecule has 8 nitrogen and oxygen atoms in total. The molecule has 0 amide bonds. The maximum absolute atomic E-state index is 6.52. The van der Waals surface area contributed by atoms with Gasteiger partial charge in [0.15, 0.2) is 0 Å². The van der Waals surface area contributed by atoms with Gasteiger partial charge in [-0.15, -0.1) is 0 Å². The number of nitrogens with one attached hydrogen (secondary N) is 1. The van der Waals surface area contributed by atoms with Crippen LogP contribution in [0, 0.1) is 13.8 Å². The first-order valence-corrected chi connectivity index (χ1v) is 11.5. The Balaban J connectivity index is 1.27. The molecular weight excluding hydrogens is 404 g/mol. The van der Waals surface area contributed by atoms with E-state index in [1.54, 1.807) is 12.4 Å². The third kappa shape index (κ3) is 4.75. The highest BCUT2D eigenvalue weighted by atomic mass is 16.5. The zero-order chi connectivity index (χ0) is 21.9.